The van der Waals surface area contributed by atoms with Gasteiger partial charge in [0.2, 0.25) is 5.89 Å². The van der Waals surface area contributed by atoms with E-state index in [-0.39, 0.29) is 0 Å². The van der Waals surface area contributed by atoms with E-state index >= 15 is 0 Å². The fourth-order valence-electron chi connectivity index (χ4n) is 1.99. The van der Waals surface area contributed by atoms with Crippen molar-refractivity contribution in [2.45, 2.75) is 52.5 Å². The molecule has 0 aliphatic rings. The van der Waals surface area contributed by atoms with Crippen LogP contribution in [0.1, 0.15) is 51.8 Å². The van der Waals surface area contributed by atoms with E-state index in [1.54, 1.807) is 7.11 Å². The van der Waals surface area contributed by atoms with Crippen LogP contribution in [0.2, 0.25) is 0 Å². The van der Waals surface area contributed by atoms with Crippen molar-refractivity contribution < 1.29 is 9.15 Å². The first-order chi connectivity index (χ1) is 10.2. The minimum Gasteiger partial charge on any atom is -0.407 e. The number of unbranched alkanes of at least 4 members (excludes halogenated alkanes) is 3. The third-order valence-electron chi connectivity index (χ3n) is 3.21. The molecule has 0 spiro atoms. The molecule has 1 aromatic rings. The van der Waals surface area contributed by atoms with E-state index in [1.165, 1.54) is 25.7 Å². The van der Waals surface area contributed by atoms with Gasteiger partial charge in [-0.05, 0) is 12.3 Å². The molecule has 0 atom stereocenters. The zero-order valence-electron chi connectivity index (χ0n) is 13.7. The topological polar surface area (TPSA) is 72.2 Å². The molecule has 0 bridgehead atoms. The summed E-state index contributed by atoms with van der Waals surface area (Å²) in [4.78, 5) is 0. The van der Waals surface area contributed by atoms with Gasteiger partial charge in [-0.1, -0.05) is 44.6 Å². The maximum absolute atomic E-state index is 5.49. The summed E-state index contributed by atoms with van der Waals surface area (Å²) in [5.74, 6) is 1.42. The van der Waals surface area contributed by atoms with Crippen LogP contribution in [0.4, 0.5) is 6.01 Å². The van der Waals surface area contributed by atoms with Crippen molar-refractivity contribution >= 4 is 6.01 Å². The molecule has 0 saturated carbocycles. The fraction of sp³-hybridized carbons (Fsp3) is 0.867. The number of nitrogens with zero attached hydrogens (tertiary/aromatic N) is 2. The fourth-order valence-corrected chi connectivity index (χ4v) is 1.99. The van der Waals surface area contributed by atoms with E-state index in [9.17, 15) is 0 Å². The van der Waals surface area contributed by atoms with Gasteiger partial charge in [-0.15, -0.1) is 5.10 Å². The average Bonchev–Trinajstić information content (AvgIpc) is 2.90. The van der Waals surface area contributed by atoms with Crippen LogP contribution >= 0.6 is 0 Å². The Morgan fingerprint density at radius 1 is 1.10 bits per heavy atom. The first-order valence-electron chi connectivity index (χ1n) is 7.98. The average molecular weight is 298 g/mol. The molecule has 0 aromatic carbocycles. The Morgan fingerprint density at radius 2 is 1.90 bits per heavy atom. The highest BCUT2D eigenvalue weighted by Gasteiger charge is 2.04. The van der Waals surface area contributed by atoms with Gasteiger partial charge >= 0.3 is 6.01 Å². The summed E-state index contributed by atoms with van der Waals surface area (Å²) in [6.45, 7) is 7.47. The molecule has 0 saturated heterocycles. The zero-order valence-corrected chi connectivity index (χ0v) is 13.7. The lowest BCUT2D eigenvalue weighted by molar-refractivity contribution is 0.198. The zero-order chi connectivity index (χ0) is 15.3. The second-order valence-corrected chi connectivity index (χ2v) is 5.69. The molecule has 6 nitrogen and oxygen atoms in total. The van der Waals surface area contributed by atoms with Crippen molar-refractivity contribution in [3.8, 4) is 0 Å². The summed E-state index contributed by atoms with van der Waals surface area (Å²) in [7, 11) is 1.68. The molecule has 6 heteroatoms. The predicted octanol–water partition coefficient (Wildman–Crippen LogP) is 2.82. The largest absolute Gasteiger partial charge is 0.407 e. The predicted molar refractivity (Wildman–Crippen MR) is 84.3 cm³/mol. The second kappa shape index (κ2) is 11.5. The summed E-state index contributed by atoms with van der Waals surface area (Å²) in [6, 6.07) is 0.515. The summed E-state index contributed by atoms with van der Waals surface area (Å²) >= 11 is 0. The molecule has 1 aromatic heterocycles. The molecule has 0 aliphatic carbocycles. The number of hydrogen-bond donors (Lipinski definition) is 2. The summed E-state index contributed by atoms with van der Waals surface area (Å²) in [5.41, 5.74) is 0. The molecule has 122 valence electrons. The quantitative estimate of drug-likeness (QED) is 0.546. The van der Waals surface area contributed by atoms with Gasteiger partial charge in [0.25, 0.3) is 0 Å². The second-order valence-electron chi connectivity index (χ2n) is 5.69. The van der Waals surface area contributed by atoms with Gasteiger partial charge in [0.1, 0.15) is 0 Å². The smallest absolute Gasteiger partial charge is 0.315 e. The lowest BCUT2D eigenvalue weighted by Gasteiger charge is -2.04. The minimum absolute atomic E-state index is 0.515. The molecule has 21 heavy (non-hydrogen) atoms. The molecular formula is C15H30N4O2. The van der Waals surface area contributed by atoms with Gasteiger partial charge in [-0.25, -0.2) is 0 Å². The van der Waals surface area contributed by atoms with Gasteiger partial charge < -0.3 is 19.8 Å². The molecule has 1 rings (SSSR count). The Kier molecular flexibility index (Phi) is 9.82. The molecule has 0 radical (unpaired) electrons. The molecule has 0 fully saturated rings. The SMILES string of the molecule is COCCNCc1nnc(NCCCCCCC(C)C)o1. The monoisotopic (exact) mass is 298 g/mol. The highest BCUT2D eigenvalue weighted by molar-refractivity contribution is 5.16. The third-order valence-corrected chi connectivity index (χ3v) is 3.21. The van der Waals surface area contributed by atoms with Crippen molar-refractivity contribution in [3.63, 3.8) is 0 Å². The molecular weight excluding hydrogens is 268 g/mol. The molecule has 2 N–H and O–H groups in total. The van der Waals surface area contributed by atoms with Crippen molar-refractivity contribution in [1.82, 2.24) is 15.5 Å². The van der Waals surface area contributed by atoms with E-state index < -0.39 is 0 Å². The minimum atomic E-state index is 0.515. The Balaban J connectivity index is 2.01. The Morgan fingerprint density at radius 3 is 2.67 bits per heavy atom. The van der Waals surface area contributed by atoms with Crippen LogP contribution in [-0.4, -0.2) is 37.0 Å². The summed E-state index contributed by atoms with van der Waals surface area (Å²) < 4.78 is 10.4. The molecule has 0 unspecified atom stereocenters. The highest BCUT2D eigenvalue weighted by Crippen LogP contribution is 2.10. The number of ether oxygens (including phenoxy) is 1. The van der Waals surface area contributed by atoms with Crippen LogP contribution in [-0.2, 0) is 11.3 Å². The van der Waals surface area contributed by atoms with Crippen LogP contribution in [0, 0.1) is 5.92 Å². The van der Waals surface area contributed by atoms with Crippen LogP contribution in [0.5, 0.6) is 0 Å². The summed E-state index contributed by atoms with van der Waals surface area (Å²) in [6.07, 6.45) is 6.35. The normalized spacial score (nSPS) is 11.2. The van der Waals surface area contributed by atoms with Crippen molar-refractivity contribution in [1.29, 1.82) is 0 Å². The van der Waals surface area contributed by atoms with Gasteiger partial charge in [0, 0.05) is 20.2 Å². The lowest BCUT2D eigenvalue weighted by atomic mass is 10.0. The van der Waals surface area contributed by atoms with Crippen LogP contribution in [0.15, 0.2) is 4.42 Å². The maximum Gasteiger partial charge on any atom is 0.315 e. The number of aromatic nitrogens is 2. The molecule has 1 heterocycles. The first-order valence-corrected chi connectivity index (χ1v) is 7.98. The Hall–Kier alpha value is -1.14. The van der Waals surface area contributed by atoms with E-state index in [4.69, 9.17) is 9.15 Å². The number of hydrogen-bond acceptors (Lipinski definition) is 6. The van der Waals surface area contributed by atoms with E-state index in [0.717, 1.165) is 25.4 Å². The Bertz CT molecular complexity index is 355. The lowest BCUT2D eigenvalue weighted by Crippen LogP contribution is -2.18. The molecule has 0 aliphatic heterocycles. The third kappa shape index (κ3) is 9.42. The number of rotatable bonds is 13. The van der Waals surface area contributed by atoms with E-state index in [2.05, 4.69) is 34.7 Å². The van der Waals surface area contributed by atoms with Gasteiger partial charge in [0.05, 0.1) is 13.2 Å². The van der Waals surface area contributed by atoms with E-state index in [1.807, 2.05) is 0 Å². The van der Waals surface area contributed by atoms with Crippen LogP contribution in [0.3, 0.4) is 0 Å². The van der Waals surface area contributed by atoms with Crippen molar-refractivity contribution in [2.75, 3.05) is 32.1 Å². The van der Waals surface area contributed by atoms with E-state index in [0.29, 0.717) is 25.1 Å². The Labute approximate surface area is 128 Å². The molecule has 0 amide bonds. The maximum atomic E-state index is 5.49. The van der Waals surface area contributed by atoms with Gasteiger partial charge in [-0.3, -0.25) is 0 Å². The van der Waals surface area contributed by atoms with Crippen LogP contribution in [0.25, 0.3) is 0 Å². The standard InChI is InChI=1S/C15H30N4O2/c1-13(2)8-6-4-5-7-9-17-15-19-18-14(21-15)12-16-10-11-20-3/h13,16H,4-12H2,1-3H3,(H,17,19). The number of methoxy groups -OCH3 is 1. The van der Waals surface area contributed by atoms with Crippen LogP contribution < -0.4 is 10.6 Å². The number of nitrogens with one attached hydrogen (secondary N) is 2. The number of anilines is 1. The highest BCUT2D eigenvalue weighted by atomic mass is 16.5. The first kappa shape index (κ1) is 17.9. The van der Waals surface area contributed by atoms with Gasteiger partial charge in [-0.2, -0.15) is 0 Å². The van der Waals surface area contributed by atoms with Crippen molar-refractivity contribution in [3.05, 3.63) is 5.89 Å². The van der Waals surface area contributed by atoms with Crippen molar-refractivity contribution in [2.24, 2.45) is 5.92 Å². The summed E-state index contributed by atoms with van der Waals surface area (Å²) in [5, 5.41) is 14.3. The van der Waals surface area contributed by atoms with Gasteiger partial charge in [0.15, 0.2) is 0 Å².